The lowest BCUT2D eigenvalue weighted by molar-refractivity contribution is 0.0465. The third kappa shape index (κ3) is 4.07. The molecule has 4 heterocycles. The summed E-state index contributed by atoms with van der Waals surface area (Å²) >= 11 is 6.29. The molecule has 0 unspecified atom stereocenters. The fourth-order valence-electron chi connectivity index (χ4n) is 5.49. The lowest BCUT2D eigenvalue weighted by atomic mass is 10.1. The van der Waals surface area contributed by atoms with Crippen molar-refractivity contribution in [2.24, 2.45) is 4.99 Å². The van der Waals surface area contributed by atoms with E-state index in [4.69, 9.17) is 35.5 Å². The van der Waals surface area contributed by atoms with Gasteiger partial charge in [-0.1, -0.05) is 29.8 Å². The highest BCUT2D eigenvalue weighted by molar-refractivity contribution is 6.31. The summed E-state index contributed by atoms with van der Waals surface area (Å²) < 4.78 is 23.5. The van der Waals surface area contributed by atoms with E-state index in [1.54, 1.807) is 0 Å². The monoisotopic (exact) mass is 503 g/mol. The Bertz CT molecular complexity index is 1350. The van der Waals surface area contributed by atoms with Crippen molar-refractivity contribution in [2.45, 2.75) is 25.2 Å². The SMILES string of the molecule is Clc1ccc2c(c1)N=C(N1CCN3C[C@@H](OCc4ccc5c(c4)OCO5)C[C@H]3C1)c1ccccc1O2. The second-order valence-corrected chi connectivity index (χ2v) is 10.0. The molecule has 3 aromatic carbocycles. The summed E-state index contributed by atoms with van der Waals surface area (Å²) in [6, 6.07) is 20.1. The first-order valence-corrected chi connectivity index (χ1v) is 12.7. The Morgan fingerprint density at radius 2 is 1.81 bits per heavy atom. The molecule has 3 aromatic rings. The molecule has 0 N–H and O–H groups in total. The minimum Gasteiger partial charge on any atom is -0.454 e. The largest absolute Gasteiger partial charge is 0.454 e. The van der Waals surface area contributed by atoms with Crippen LogP contribution in [0.1, 0.15) is 17.5 Å². The van der Waals surface area contributed by atoms with Crippen LogP contribution >= 0.6 is 11.6 Å². The summed E-state index contributed by atoms with van der Waals surface area (Å²) in [5.74, 6) is 4.08. The summed E-state index contributed by atoms with van der Waals surface area (Å²) in [7, 11) is 0. The Labute approximate surface area is 214 Å². The lowest BCUT2D eigenvalue weighted by Crippen LogP contribution is -2.52. The summed E-state index contributed by atoms with van der Waals surface area (Å²) in [5.41, 5.74) is 2.87. The number of fused-ring (bicyclic) bond motifs is 4. The molecule has 2 atom stereocenters. The maximum atomic E-state index is 6.34. The van der Waals surface area contributed by atoms with Gasteiger partial charge in [0.2, 0.25) is 6.79 Å². The number of ether oxygens (including phenoxy) is 4. The molecule has 7 nitrogen and oxygen atoms in total. The number of hydrogen-bond donors (Lipinski definition) is 0. The quantitative estimate of drug-likeness (QED) is 0.488. The van der Waals surface area contributed by atoms with Crippen molar-refractivity contribution in [3.63, 3.8) is 0 Å². The van der Waals surface area contributed by atoms with E-state index in [0.29, 0.717) is 17.7 Å². The topological polar surface area (TPSA) is 55.8 Å². The van der Waals surface area contributed by atoms with Gasteiger partial charge in [-0.25, -0.2) is 4.99 Å². The van der Waals surface area contributed by atoms with Crippen LogP contribution in [0.3, 0.4) is 0 Å². The number of halogens is 1. The maximum absolute atomic E-state index is 6.34. The van der Waals surface area contributed by atoms with Gasteiger partial charge >= 0.3 is 0 Å². The smallest absolute Gasteiger partial charge is 0.231 e. The number of para-hydroxylation sites is 1. The molecule has 8 heteroatoms. The van der Waals surface area contributed by atoms with Crippen molar-refractivity contribution in [3.8, 4) is 23.0 Å². The molecule has 4 aliphatic rings. The summed E-state index contributed by atoms with van der Waals surface area (Å²) in [5, 5.41) is 0.648. The van der Waals surface area contributed by atoms with Crippen LogP contribution in [0, 0.1) is 0 Å². The minimum absolute atomic E-state index is 0.201. The van der Waals surface area contributed by atoms with E-state index >= 15 is 0 Å². The summed E-state index contributed by atoms with van der Waals surface area (Å²) in [4.78, 5) is 10.00. The number of hydrogen-bond acceptors (Lipinski definition) is 7. The van der Waals surface area contributed by atoms with Gasteiger partial charge in [0, 0.05) is 37.2 Å². The van der Waals surface area contributed by atoms with Crippen LogP contribution in [0.4, 0.5) is 5.69 Å². The first-order chi connectivity index (χ1) is 17.7. The van der Waals surface area contributed by atoms with Gasteiger partial charge in [0.1, 0.15) is 17.3 Å². The number of aliphatic imine (C=N–C) groups is 1. The van der Waals surface area contributed by atoms with Crippen molar-refractivity contribution in [1.82, 2.24) is 9.80 Å². The van der Waals surface area contributed by atoms with Crippen molar-refractivity contribution < 1.29 is 18.9 Å². The third-order valence-electron chi connectivity index (χ3n) is 7.30. The average Bonchev–Trinajstić information content (AvgIpc) is 3.49. The van der Waals surface area contributed by atoms with Crippen LogP contribution in [-0.4, -0.2) is 60.8 Å². The van der Waals surface area contributed by atoms with Crippen LogP contribution in [0.15, 0.2) is 65.7 Å². The Kier molecular flexibility index (Phi) is 5.49. The maximum Gasteiger partial charge on any atom is 0.231 e. The van der Waals surface area contributed by atoms with Gasteiger partial charge in [0.25, 0.3) is 0 Å². The molecule has 7 rings (SSSR count). The molecule has 0 aliphatic carbocycles. The molecule has 0 amide bonds. The standard InChI is InChI=1S/C28H26ClN3O4/c29-19-6-8-25-23(12-19)30-28(22-3-1-2-4-24(22)36-25)32-10-9-31-15-21(13-20(31)14-32)33-16-18-5-7-26-27(11-18)35-17-34-26/h1-8,11-12,20-21H,9-10,13-17H2/t20-,21-/m0/s1. The summed E-state index contributed by atoms with van der Waals surface area (Å²) in [6.07, 6.45) is 1.20. The van der Waals surface area contributed by atoms with Crippen molar-refractivity contribution in [2.75, 3.05) is 33.0 Å². The van der Waals surface area contributed by atoms with Crippen LogP contribution in [-0.2, 0) is 11.3 Å². The highest BCUT2D eigenvalue weighted by Crippen LogP contribution is 2.40. The predicted molar refractivity (Wildman–Crippen MR) is 137 cm³/mol. The second kappa shape index (κ2) is 9.00. The highest BCUT2D eigenvalue weighted by Gasteiger charge is 2.38. The highest BCUT2D eigenvalue weighted by atomic mass is 35.5. The Hall–Kier alpha value is -3.26. The molecule has 0 spiro atoms. The van der Waals surface area contributed by atoms with Gasteiger partial charge in [-0.15, -0.1) is 0 Å². The molecule has 0 radical (unpaired) electrons. The predicted octanol–water partition coefficient (Wildman–Crippen LogP) is 5.23. The normalized spacial score (nSPS) is 22.2. The van der Waals surface area contributed by atoms with E-state index in [-0.39, 0.29) is 12.9 Å². The van der Waals surface area contributed by atoms with Gasteiger partial charge in [-0.05, 0) is 54.4 Å². The van der Waals surface area contributed by atoms with Crippen LogP contribution in [0.5, 0.6) is 23.0 Å². The van der Waals surface area contributed by atoms with E-state index < -0.39 is 0 Å². The molecular formula is C28H26ClN3O4. The molecule has 0 saturated carbocycles. The number of benzene rings is 3. The number of nitrogens with zero attached hydrogens (tertiary/aromatic N) is 3. The van der Waals surface area contributed by atoms with Crippen molar-refractivity contribution in [1.29, 1.82) is 0 Å². The zero-order valence-corrected chi connectivity index (χ0v) is 20.5. The van der Waals surface area contributed by atoms with E-state index in [1.165, 1.54) is 0 Å². The molecular weight excluding hydrogens is 478 g/mol. The summed E-state index contributed by atoms with van der Waals surface area (Å²) in [6.45, 7) is 4.57. The number of amidine groups is 1. The molecule has 2 saturated heterocycles. The Balaban J connectivity index is 1.07. The van der Waals surface area contributed by atoms with Crippen molar-refractivity contribution >= 4 is 23.1 Å². The zero-order valence-electron chi connectivity index (χ0n) is 19.7. The van der Waals surface area contributed by atoms with Gasteiger partial charge in [-0.2, -0.15) is 0 Å². The molecule has 0 bridgehead atoms. The van der Waals surface area contributed by atoms with E-state index in [9.17, 15) is 0 Å². The third-order valence-corrected chi connectivity index (χ3v) is 7.53. The molecule has 0 aromatic heterocycles. The average molecular weight is 504 g/mol. The van der Waals surface area contributed by atoms with Gasteiger partial charge in [0.05, 0.1) is 18.3 Å². The lowest BCUT2D eigenvalue weighted by Gasteiger charge is -2.39. The minimum atomic E-state index is 0.201. The Morgan fingerprint density at radius 1 is 0.917 bits per heavy atom. The van der Waals surface area contributed by atoms with Gasteiger partial charge in [-0.3, -0.25) is 4.90 Å². The van der Waals surface area contributed by atoms with Gasteiger partial charge < -0.3 is 23.8 Å². The fraction of sp³-hybridized carbons (Fsp3) is 0.321. The first kappa shape index (κ1) is 22.0. The number of rotatable bonds is 3. The van der Waals surface area contributed by atoms with Crippen molar-refractivity contribution in [3.05, 3.63) is 76.8 Å². The van der Waals surface area contributed by atoms with Crippen LogP contribution < -0.4 is 14.2 Å². The Morgan fingerprint density at radius 3 is 2.78 bits per heavy atom. The van der Waals surface area contributed by atoms with E-state index in [0.717, 1.165) is 78.2 Å². The second-order valence-electron chi connectivity index (χ2n) is 9.60. The number of piperazine rings is 1. The van der Waals surface area contributed by atoms with Crippen LogP contribution in [0.2, 0.25) is 5.02 Å². The zero-order chi connectivity index (χ0) is 24.1. The molecule has 184 valence electrons. The molecule has 2 fully saturated rings. The van der Waals surface area contributed by atoms with Gasteiger partial charge in [0.15, 0.2) is 17.2 Å². The van der Waals surface area contributed by atoms with E-state index in [2.05, 4.69) is 15.9 Å². The van der Waals surface area contributed by atoms with Crippen LogP contribution in [0.25, 0.3) is 0 Å². The molecule has 36 heavy (non-hydrogen) atoms. The first-order valence-electron chi connectivity index (χ1n) is 12.3. The fourth-order valence-corrected chi connectivity index (χ4v) is 5.66. The molecule has 4 aliphatic heterocycles. The van der Waals surface area contributed by atoms with E-state index in [1.807, 2.05) is 54.6 Å².